The van der Waals surface area contributed by atoms with Gasteiger partial charge in [-0.1, -0.05) is 89.0 Å². The normalized spacial score (nSPS) is 28.1. The number of halogens is 2. The molecule has 1 N–H and O–H groups in total. The van der Waals surface area contributed by atoms with Gasteiger partial charge < -0.3 is 0 Å². The lowest BCUT2D eigenvalue weighted by Gasteiger charge is -2.36. The van der Waals surface area contributed by atoms with E-state index < -0.39 is 0 Å². The number of hydrogen-bond donors (Lipinski definition) is 1. The zero-order valence-corrected chi connectivity index (χ0v) is 28.2. The molecule has 0 saturated heterocycles. The standard InChI is InChI=1S/C19H23ClN2O.C17H19ClN2O/c1-5-21-16-15(12-10-11-19(16,4)18(12,2)3)17(23)22(21)14-9-7-6-8-13(14)20;1-16(2)10-8-9-17(16,3)14-13(10)15(21)20(19-14)12-7-5-4-6-11(12)18/h6-9,12H,5,10-11H2,1-4H3;4-7,10,19H,8-9H2,1-3H3/t12-,19+;10-,17+/m11/s1. The molecule has 0 amide bonds. The van der Waals surface area contributed by atoms with E-state index in [4.69, 9.17) is 23.2 Å². The first-order valence-corrected chi connectivity index (χ1v) is 16.7. The third kappa shape index (κ3) is 3.50. The average molecular weight is 634 g/mol. The Morgan fingerprint density at radius 2 is 1.27 bits per heavy atom. The molecule has 4 bridgehead atoms. The molecule has 0 unspecified atom stereocenters. The number of rotatable bonds is 3. The minimum atomic E-state index is 0.0542. The smallest absolute Gasteiger partial charge is 0.275 e. The van der Waals surface area contributed by atoms with Crippen LogP contribution in [0.15, 0.2) is 58.1 Å². The number of H-pyrrole nitrogens is 1. The number of nitrogens with one attached hydrogen (secondary N) is 1. The monoisotopic (exact) mass is 632 g/mol. The summed E-state index contributed by atoms with van der Waals surface area (Å²) < 4.78 is 5.59. The summed E-state index contributed by atoms with van der Waals surface area (Å²) in [6.45, 7) is 16.7. The molecule has 2 aromatic heterocycles. The molecule has 4 aromatic rings. The summed E-state index contributed by atoms with van der Waals surface area (Å²) in [5.41, 5.74) is 6.50. The fourth-order valence-corrected chi connectivity index (χ4v) is 9.94. The van der Waals surface area contributed by atoms with Crippen molar-refractivity contribution in [3.63, 3.8) is 0 Å². The van der Waals surface area contributed by atoms with E-state index in [-0.39, 0.29) is 32.8 Å². The molecular weight excluding hydrogens is 591 g/mol. The van der Waals surface area contributed by atoms with Gasteiger partial charge in [-0.2, -0.15) is 0 Å². The van der Waals surface area contributed by atoms with Crippen LogP contribution >= 0.6 is 23.2 Å². The quantitative estimate of drug-likeness (QED) is 0.246. The van der Waals surface area contributed by atoms with Crippen molar-refractivity contribution in [2.75, 3.05) is 0 Å². The number of aromatic nitrogens is 4. The van der Waals surface area contributed by atoms with E-state index in [1.807, 2.05) is 48.5 Å². The minimum absolute atomic E-state index is 0.0542. The summed E-state index contributed by atoms with van der Waals surface area (Å²) in [6.07, 6.45) is 4.51. The van der Waals surface area contributed by atoms with Gasteiger partial charge in [0.2, 0.25) is 0 Å². The predicted octanol–water partition coefficient (Wildman–Crippen LogP) is 8.48. The second-order valence-corrected chi connectivity index (χ2v) is 15.6. The highest BCUT2D eigenvalue weighted by molar-refractivity contribution is 6.32. The molecule has 2 heterocycles. The first-order chi connectivity index (χ1) is 20.7. The molecular formula is C36H42Cl2N4O2. The second-order valence-electron chi connectivity index (χ2n) is 14.8. The first kappa shape index (κ1) is 29.7. The van der Waals surface area contributed by atoms with Gasteiger partial charge in [0.15, 0.2) is 0 Å². The van der Waals surface area contributed by atoms with Gasteiger partial charge in [-0.25, -0.2) is 9.36 Å². The van der Waals surface area contributed by atoms with Crippen LogP contribution in [0.2, 0.25) is 10.0 Å². The van der Waals surface area contributed by atoms with Crippen molar-refractivity contribution in [2.24, 2.45) is 10.8 Å². The molecule has 232 valence electrons. The molecule has 0 aliphatic heterocycles. The van der Waals surface area contributed by atoms with E-state index in [1.54, 1.807) is 9.36 Å². The Bertz CT molecular complexity index is 1940. The molecule has 2 aromatic carbocycles. The minimum Gasteiger partial charge on any atom is -0.294 e. The largest absolute Gasteiger partial charge is 0.294 e. The molecule has 2 fully saturated rings. The molecule has 8 heteroatoms. The maximum Gasteiger partial charge on any atom is 0.275 e. The third-order valence-corrected chi connectivity index (χ3v) is 13.4. The molecule has 44 heavy (non-hydrogen) atoms. The van der Waals surface area contributed by atoms with Gasteiger partial charge in [-0.3, -0.25) is 19.4 Å². The van der Waals surface area contributed by atoms with Crippen molar-refractivity contribution in [3.05, 3.63) is 102 Å². The number of nitrogens with zero attached hydrogens (tertiary/aromatic N) is 3. The Labute approximate surface area is 269 Å². The summed E-state index contributed by atoms with van der Waals surface area (Å²) in [4.78, 5) is 26.2. The Kier molecular flexibility index (Phi) is 6.44. The Balaban J connectivity index is 0.000000143. The van der Waals surface area contributed by atoms with E-state index in [0.29, 0.717) is 21.9 Å². The van der Waals surface area contributed by atoms with E-state index in [1.165, 1.54) is 5.69 Å². The van der Waals surface area contributed by atoms with Crippen molar-refractivity contribution in [1.82, 2.24) is 19.1 Å². The van der Waals surface area contributed by atoms with Crippen LogP contribution in [0.4, 0.5) is 0 Å². The average Bonchev–Trinajstić information content (AvgIpc) is 3.70. The van der Waals surface area contributed by atoms with Crippen LogP contribution in [0.25, 0.3) is 11.4 Å². The van der Waals surface area contributed by atoms with Crippen LogP contribution in [0, 0.1) is 10.8 Å². The fourth-order valence-electron chi connectivity index (χ4n) is 9.50. The predicted molar refractivity (Wildman–Crippen MR) is 178 cm³/mol. The lowest BCUT2D eigenvalue weighted by atomic mass is 9.70. The zero-order chi connectivity index (χ0) is 31.6. The third-order valence-electron chi connectivity index (χ3n) is 12.8. The highest BCUT2D eigenvalue weighted by Crippen LogP contribution is 2.68. The SMILES string of the molecule is CC1(C)[C@@H]2CC[C@@]1(C)c1[nH]n(-c3ccccc3Cl)c(=O)c12.CCn1c2c(c(=O)n1-c1ccccc1Cl)[C@H]1CC[C@]2(C)C1(C)C. The maximum atomic E-state index is 13.3. The van der Waals surface area contributed by atoms with Gasteiger partial charge >= 0.3 is 0 Å². The van der Waals surface area contributed by atoms with Crippen molar-refractivity contribution in [2.45, 2.75) is 103 Å². The van der Waals surface area contributed by atoms with Gasteiger partial charge in [0.1, 0.15) is 0 Å². The van der Waals surface area contributed by atoms with E-state index in [2.05, 4.69) is 58.2 Å². The van der Waals surface area contributed by atoms with Gasteiger partial charge in [-0.05, 0) is 79.5 Å². The lowest BCUT2D eigenvalue weighted by Crippen LogP contribution is -2.35. The maximum absolute atomic E-state index is 13.3. The Morgan fingerprint density at radius 3 is 1.84 bits per heavy atom. The van der Waals surface area contributed by atoms with Crippen LogP contribution in [0.3, 0.4) is 0 Å². The van der Waals surface area contributed by atoms with Crippen molar-refractivity contribution in [3.8, 4) is 11.4 Å². The van der Waals surface area contributed by atoms with E-state index >= 15 is 0 Å². The number of benzene rings is 2. The van der Waals surface area contributed by atoms with Gasteiger partial charge in [0.05, 0.1) is 27.1 Å². The molecule has 4 aliphatic rings. The van der Waals surface area contributed by atoms with Crippen LogP contribution in [-0.2, 0) is 17.4 Å². The Hall–Kier alpha value is -2.96. The first-order valence-electron chi connectivity index (χ1n) is 15.9. The van der Waals surface area contributed by atoms with Gasteiger partial charge in [0.25, 0.3) is 11.1 Å². The van der Waals surface area contributed by atoms with Crippen molar-refractivity contribution < 1.29 is 0 Å². The number of fused-ring (bicyclic) bond motifs is 10. The van der Waals surface area contributed by atoms with Crippen molar-refractivity contribution in [1.29, 1.82) is 0 Å². The summed E-state index contributed by atoms with van der Waals surface area (Å²) in [5.74, 6) is 0.710. The number of aromatic amines is 1. The molecule has 0 spiro atoms. The molecule has 4 aliphatic carbocycles. The van der Waals surface area contributed by atoms with Crippen LogP contribution in [0.1, 0.15) is 109 Å². The zero-order valence-electron chi connectivity index (χ0n) is 26.7. The topological polar surface area (TPSA) is 64.7 Å². The van der Waals surface area contributed by atoms with Crippen molar-refractivity contribution >= 4 is 23.2 Å². The summed E-state index contributed by atoms with van der Waals surface area (Å²) in [7, 11) is 0. The molecule has 6 nitrogen and oxygen atoms in total. The summed E-state index contributed by atoms with van der Waals surface area (Å²) in [5, 5.41) is 4.58. The summed E-state index contributed by atoms with van der Waals surface area (Å²) >= 11 is 12.6. The van der Waals surface area contributed by atoms with Gasteiger partial charge in [0, 0.05) is 34.2 Å². The second kappa shape index (κ2) is 9.53. The number of hydrogen-bond acceptors (Lipinski definition) is 2. The van der Waals surface area contributed by atoms with E-state index in [9.17, 15) is 9.59 Å². The fraction of sp³-hybridized carbons (Fsp3) is 0.500. The highest BCUT2D eigenvalue weighted by atomic mass is 35.5. The highest BCUT2D eigenvalue weighted by Gasteiger charge is 2.63. The van der Waals surface area contributed by atoms with Crippen LogP contribution in [-0.4, -0.2) is 19.1 Å². The molecule has 4 atom stereocenters. The molecule has 0 radical (unpaired) electrons. The summed E-state index contributed by atoms with van der Waals surface area (Å²) in [6, 6.07) is 15.1. The molecule has 2 saturated carbocycles. The van der Waals surface area contributed by atoms with E-state index in [0.717, 1.165) is 60.4 Å². The van der Waals surface area contributed by atoms with Crippen LogP contribution < -0.4 is 11.1 Å². The van der Waals surface area contributed by atoms with Crippen LogP contribution in [0.5, 0.6) is 0 Å². The Morgan fingerprint density at radius 1 is 0.750 bits per heavy atom. The van der Waals surface area contributed by atoms with Gasteiger partial charge in [-0.15, -0.1) is 0 Å². The number of para-hydroxylation sites is 2. The lowest BCUT2D eigenvalue weighted by molar-refractivity contribution is 0.216. The molecule has 8 rings (SSSR count).